The number of allylic oxidation sites excluding steroid dienone is 2. The van der Waals surface area contributed by atoms with Gasteiger partial charge in [0, 0.05) is 0 Å². The Morgan fingerprint density at radius 3 is 2.20 bits per heavy atom. The Hall–Kier alpha value is -1.32. The molecule has 0 amide bonds. The van der Waals surface area contributed by atoms with E-state index >= 15 is 0 Å². The van der Waals surface area contributed by atoms with Crippen molar-refractivity contribution in [1.82, 2.24) is 0 Å². The highest BCUT2D eigenvalue weighted by Crippen LogP contribution is 2.23. The molecule has 0 aromatic heterocycles. The minimum absolute atomic E-state index is 0.181. The molecule has 0 aliphatic rings. The summed E-state index contributed by atoms with van der Waals surface area (Å²) in [5.74, 6) is -2.13. The first-order valence-corrected chi connectivity index (χ1v) is 7.38. The average Bonchev–Trinajstić information content (AvgIpc) is 2.26. The first kappa shape index (κ1) is 18.7. The van der Waals surface area contributed by atoms with Crippen molar-refractivity contribution in [2.45, 2.75) is 59.8 Å². The number of rotatable bonds is 10. The first-order chi connectivity index (χ1) is 9.26. The van der Waals surface area contributed by atoms with Gasteiger partial charge < -0.3 is 10.2 Å². The molecule has 3 atom stereocenters. The van der Waals surface area contributed by atoms with Gasteiger partial charge in [0.1, 0.15) is 0 Å². The number of hydrogen-bond donors (Lipinski definition) is 2. The molecule has 0 aliphatic heterocycles. The maximum atomic E-state index is 11.0. The zero-order valence-electron chi connectivity index (χ0n) is 13.1. The summed E-state index contributed by atoms with van der Waals surface area (Å²) in [6, 6.07) is 0. The Kier molecular flexibility index (Phi) is 8.93. The highest BCUT2D eigenvalue weighted by molar-refractivity contribution is 5.77. The Balaban J connectivity index is 4.41. The summed E-state index contributed by atoms with van der Waals surface area (Å²) in [7, 11) is 0. The zero-order valence-corrected chi connectivity index (χ0v) is 13.1. The molecule has 116 valence electrons. The smallest absolute Gasteiger partial charge is 0.307 e. The van der Waals surface area contributed by atoms with Gasteiger partial charge >= 0.3 is 11.9 Å². The van der Waals surface area contributed by atoms with Crippen LogP contribution in [0.2, 0.25) is 0 Å². The van der Waals surface area contributed by atoms with Crippen LogP contribution in [0, 0.1) is 17.8 Å². The van der Waals surface area contributed by atoms with Crippen LogP contribution < -0.4 is 0 Å². The van der Waals surface area contributed by atoms with Crippen LogP contribution in [-0.4, -0.2) is 22.2 Å². The van der Waals surface area contributed by atoms with Gasteiger partial charge in [-0.2, -0.15) is 0 Å². The van der Waals surface area contributed by atoms with Crippen LogP contribution in [0.5, 0.6) is 0 Å². The first-order valence-electron chi connectivity index (χ1n) is 7.38. The second-order valence-electron chi connectivity index (χ2n) is 5.96. The van der Waals surface area contributed by atoms with Crippen LogP contribution >= 0.6 is 0 Å². The van der Waals surface area contributed by atoms with Gasteiger partial charge in [0.05, 0.1) is 12.3 Å². The molecule has 0 saturated heterocycles. The highest BCUT2D eigenvalue weighted by atomic mass is 16.4. The summed E-state index contributed by atoms with van der Waals surface area (Å²) in [6.45, 7) is 8.39. The average molecular weight is 284 g/mol. The summed E-state index contributed by atoms with van der Waals surface area (Å²) in [5.41, 5.74) is 1.26. The Bertz CT molecular complexity index is 346. The standard InChI is InChI=1S/C16H28O4/c1-5-6-11(2)7-12(3)8-13(4)9-14(16(19)20)10-15(17)18/h7,11,13-14H,5-6,8-10H2,1-4H3,(H,17,18)(H,19,20)/b12-7+. The molecule has 0 heterocycles. The lowest BCUT2D eigenvalue weighted by molar-refractivity contribution is -0.148. The van der Waals surface area contributed by atoms with Gasteiger partial charge in [-0.05, 0) is 38.0 Å². The monoisotopic (exact) mass is 284 g/mol. The molecule has 20 heavy (non-hydrogen) atoms. The van der Waals surface area contributed by atoms with Gasteiger partial charge in [-0.15, -0.1) is 0 Å². The Morgan fingerprint density at radius 1 is 1.15 bits per heavy atom. The third-order valence-corrected chi connectivity index (χ3v) is 3.44. The third kappa shape index (κ3) is 8.73. The quantitative estimate of drug-likeness (QED) is 0.595. The maximum absolute atomic E-state index is 11.0. The summed E-state index contributed by atoms with van der Waals surface area (Å²) in [6.07, 6.45) is 5.50. The Labute approximate surface area is 121 Å². The van der Waals surface area contributed by atoms with E-state index in [2.05, 4.69) is 26.8 Å². The molecule has 3 unspecified atom stereocenters. The van der Waals surface area contributed by atoms with Gasteiger partial charge in [0.25, 0.3) is 0 Å². The fourth-order valence-electron chi connectivity index (χ4n) is 2.69. The van der Waals surface area contributed by atoms with Crippen molar-refractivity contribution in [1.29, 1.82) is 0 Å². The van der Waals surface area contributed by atoms with Crippen molar-refractivity contribution in [2.24, 2.45) is 17.8 Å². The van der Waals surface area contributed by atoms with E-state index in [9.17, 15) is 9.59 Å². The van der Waals surface area contributed by atoms with E-state index in [0.717, 1.165) is 19.3 Å². The summed E-state index contributed by atoms with van der Waals surface area (Å²) in [5, 5.41) is 17.8. The van der Waals surface area contributed by atoms with Crippen LogP contribution in [0.15, 0.2) is 11.6 Å². The predicted octanol–water partition coefficient (Wildman–Crippen LogP) is 3.96. The van der Waals surface area contributed by atoms with E-state index in [0.29, 0.717) is 12.3 Å². The minimum Gasteiger partial charge on any atom is -0.481 e. The molecule has 2 N–H and O–H groups in total. The molecule has 0 aliphatic carbocycles. The fraction of sp³-hybridized carbons (Fsp3) is 0.750. The molecule has 0 saturated carbocycles. The molecule has 0 rings (SSSR count). The lowest BCUT2D eigenvalue weighted by Gasteiger charge is -2.17. The van der Waals surface area contributed by atoms with E-state index < -0.39 is 17.9 Å². The van der Waals surface area contributed by atoms with Crippen LogP contribution in [0.1, 0.15) is 59.8 Å². The van der Waals surface area contributed by atoms with E-state index in [4.69, 9.17) is 10.2 Å². The van der Waals surface area contributed by atoms with Gasteiger partial charge in [-0.25, -0.2) is 0 Å². The van der Waals surface area contributed by atoms with Crippen LogP contribution in [0.4, 0.5) is 0 Å². The molecule has 0 fully saturated rings. The fourth-order valence-corrected chi connectivity index (χ4v) is 2.69. The molecule has 0 aromatic carbocycles. The normalized spacial score (nSPS) is 16.5. The number of aliphatic carboxylic acids is 2. The lowest BCUT2D eigenvalue weighted by atomic mass is 9.88. The second-order valence-corrected chi connectivity index (χ2v) is 5.96. The van der Waals surface area contributed by atoms with Crippen LogP contribution in [0.25, 0.3) is 0 Å². The molecular weight excluding hydrogens is 256 g/mol. The van der Waals surface area contributed by atoms with Crippen molar-refractivity contribution in [3.8, 4) is 0 Å². The summed E-state index contributed by atoms with van der Waals surface area (Å²) >= 11 is 0. The number of carboxylic acid groups (broad SMARTS) is 2. The Morgan fingerprint density at radius 2 is 1.75 bits per heavy atom. The third-order valence-electron chi connectivity index (χ3n) is 3.44. The van der Waals surface area contributed by atoms with Crippen molar-refractivity contribution >= 4 is 11.9 Å². The number of carboxylic acids is 2. The van der Waals surface area contributed by atoms with Gasteiger partial charge in [-0.3, -0.25) is 9.59 Å². The summed E-state index contributed by atoms with van der Waals surface area (Å²) in [4.78, 5) is 21.7. The number of carbonyl (C=O) groups is 2. The molecule has 0 bridgehead atoms. The SMILES string of the molecule is CCCC(C)/C=C(\C)CC(C)CC(CC(=O)O)C(=O)O. The molecule has 4 heteroatoms. The lowest BCUT2D eigenvalue weighted by Crippen LogP contribution is -2.20. The molecule has 0 radical (unpaired) electrons. The van der Waals surface area contributed by atoms with Gasteiger partial charge in [0.15, 0.2) is 0 Å². The molecule has 0 aromatic rings. The van der Waals surface area contributed by atoms with E-state index in [1.807, 2.05) is 6.92 Å². The predicted molar refractivity (Wildman–Crippen MR) is 79.6 cm³/mol. The van der Waals surface area contributed by atoms with Crippen LogP contribution in [-0.2, 0) is 9.59 Å². The van der Waals surface area contributed by atoms with Crippen LogP contribution in [0.3, 0.4) is 0 Å². The van der Waals surface area contributed by atoms with Crippen molar-refractivity contribution in [2.75, 3.05) is 0 Å². The van der Waals surface area contributed by atoms with E-state index in [1.54, 1.807) is 0 Å². The van der Waals surface area contributed by atoms with Crippen molar-refractivity contribution < 1.29 is 19.8 Å². The summed E-state index contributed by atoms with van der Waals surface area (Å²) < 4.78 is 0. The molecule has 4 nitrogen and oxygen atoms in total. The molecular formula is C16H28O4. The van der Waals surface area contributed by atoms with Gasteiger partial charge in [-0.1, -0.05) is 38.8 Å². The van der Waals surface area contributed by atoms with E-state index in [-0.39, 0.29) is 12.3 Å². The van der Waals surface area contributed by atoms with Crippen molar-refractivity contribution in [3.63, 3.8) is 0 Å². The topological polar surface area (TPSA) is 74.6 Å². The maximum Gasteiger partial charge on any atom is 0.307 e. The molecule has 0 spiro atoms. The number of hydrogen-bond acceptors (Lipinski definition) is 2. The highest BCUT2D eigenvalue weighted by Gasteiger charge is 2.23. The second kappa shape index (κ2) is 9.56. The largest absolute Gasteiger partial charge is 0.481 e. The minimum atomic E-state index is -1.05. The zero-order chi connectivity index (χ0) is 15.7. The van der Waals surface area contributed by atoms with Gasteiger partial charge in [0.2, 0.25) is 0 Å². The van der Waals surface area contributed by atoms with Crippen molar-refractivity contribution in [3.05, 3.63) is 11.6 Å². The van der Waals surface area contributed by atoms with E-state index in [1.165, 1.54) is 5.57 Å².